The van der Waals surface area contributed by atoms with Crippen LogP contribution in [0.2, 0.25) is 0 Å². The Balaban J connectivity index is 2.14. The molecule has 0 saturated carbocycles. The average Bonchev–Trinajstić information content (AvgIpc) is 2.75. The highest BCUT2D eigenvalue weighted by Crippen LogP contribution is 2.19. The summed E-state index contributed by atoms with van der Waals surface area (Å²) < 4.78 is 2.05. The van der Waals surface area contributed by atoms with Crippen LogP contribution in [0.25, 0.3) is 10.9 Å². The third-order valence-corrected chi connectivity index (χ3v) is 3.72. The minimum Gasteiger partial charge on any atom is -0.278 e. The molecule has 0 spiro atoms. The van der Waals surface area contributed by atoms with Gasteiger partial charge in [0.2, 0.25) is 0 Å². The zero-order valence-electron chi connectivity index (χ0n) is 10.1. The lowest BCUT2D eigenvalue weighted by atomic mass is 10.1. The maximum absolute atomic E-state index is 5.93. The minimum absolute atomic E-state index is 0.768. The van der Waals surface area contributed by atoms with Crippen molar-refractivity contribution >= 4 is 27.4 Å². The highest BCUT2D eigenvalue weighted by molar-refractivity contribution is 7.12. The van der Waals surface area contributed by atoms with Gasteiger partial charge in [0, 0.05) is 22.5 Å². The van der Waals surface area contributed by atoms with Gasteiger partial charge in [0.25, 0.3) is 0 Å². The first kappa shape index (κ1) is 11.2. The Morgan fingerprint density at radius 1 is 1.39 bits per heavy atom. The van der Waals surface area contributed by atoms with Gasteiger partial charge in [-0.15, -0.1) is 0 Å². The molecule has 0 atom stereocenters. The summed E-state index contributed by atoms with van der Waals surface area (Å²) in [4.78, 5) is 4.48. The van der Waals surface area contributed by atoms with E-state index in [0.717, 1.165) is 17.2 Å². The number of anilines is 1. The van der Waals surface area contributed by atoms with Gasteiger partial charge in [0.05, 0.1) is 5.52 Å². The fourth-order valence-electron chi connectivity index (χ4n) is 2.18. The second-order valence-corrected chi connectivity index (χ2v) is 5.29. The second-order valence-electron chi connectivity index (χ2n) is 4.37. The molecule has 1 aromatic carbocycles. The Morgan fingerprint density at radius 2 is 2.28 bits per heavy atom. The molecule has 2 heterocycles. The van der Waals surface area contributed by atoms with Gasteiger partial charge in [0.15, 0.2) is 0 Å². The molecule has 0 fully saturated rings. The maximum atomic E-state index is 5.93. The normalized spacial score (nSPS) is 10.9. The van der Waals surface area contributed by atoms with Crippen LogP contribution in [0.1, 0.15) is 11.1 Å². The summed E-state index contributed by atoms with van der Waals surface area (Å²) in [7, 11) is 0. The Hall–Kier alpha value is -1.94. The van der Waals surface area contributed by atoms with Crippen LogP contribution >= 0.6 is 11.3 Å². The smallest absolute Gasteiger partial charge is 0.278 e. The zero-order chi connectivity index (χ0) is 12.5. The average molecular weight is 256 g/mol. The predicted octanol–water partition coefficient (Wildman–Crippen LogP) is 2.52. The van der Waals surface area contributed by atoms with Crippen molar-refractivity contribution in [3.63, 3.8) is 0 Å². The third kappa shape index (κ3) is 1.95. The molecule has 0 unspecified atom stereocenters. The molecule has 18 heavy (non-hydrogen) atoms. The van der Waals surface area contributed by atoms with Crippen LogP contribution in [0.5, 0.6) is 0 Å². The quantitative estimate of drug-likeness (QED) is 0.716. The predicted molar refractivity (Wildman–Crippen MR) is 74.5 cm³/mol. The molecule has 0 bridgehead atoms. The molecular formula is C14H14N3S+. The van der Waals surface area contributed by atoms with Gasteiger partial charge in [-0.3, -0.25) is 10.7 Å². The first-order valence-electron chi connectivity index (χ1n) is 5.81. The summed E-state index contributed by atoms with van der Waals surface area (Å²) in [5, 5.41) is 4.00. The topological polar surface area (TPSA) is 42.8 Å². The lowest BCUT2D eigenvalue weighted by Crippen LogP contribution is -2.34. The molecule has 3 aromatic rings. The van der Waals surface area contributed by atoms with Crippen LogP contribution in [-0.4, -0.2) is 4.98 Å². The van der Waals surface area contributed by atoms with E-state index >= 15 is 0 Å². The lowest BCUT2D eigenvalue weighted by Gasteiger charge is -2.06. The van der Waals surface area contributed by atoms with Gasteiger partial charge in [-0.1, -0.05) is 17.4 Å². The van der Waals surface area contributed by atoms with Crippen molar-refractivity contribution in [2.24, 2.45) is 0 Å². The van der Waals surface area contributed by atoms with Crippen molar-refractivity contribution < 1.29 is 4.57 Å². The molecule has 3 nitrogen and oxygen atoms in total. The third-order valence-electron chi connectivity index (χ3n) is 2.98. The molecular weight excluding hydrogens is 242 g/mol. The molecule has 0 aliphatic carbocycles. The molecule has 0 aliphatic rings. The Labute approximate surface area is 110 Å². The van der Waals surface area contributed by atoms with Crippen LogP contribution in [-0.2, 0) is 6.54 Å². The van der Waals surface area contributed by atoms with Gasteiger partial charge in [-0.25, -0.2) is 4.57 Å². The SMILES string of the molecule is Cc1cc(C[n+]2ccsc2N)c2ncccc2c1. The first-order chi connectivity index (χ1) is 8.74. The van der Waals surface area contributed by atoms with E-state index in [-0.39, 0.29) is 0 Å². The van der Waals surface area contributed by atoms with E-state index in [1.165, 1.54) is 16.5 Å². The molecule has 0 saturated heterocycles. The summed E-state index contributed by atoms with van der Waals surface area (Å²) in [6, 6.07) is 8.41. The minimum atomic E-state index is 0.768. The fraction of sp³-hybridized carbons (Fsp3) is 0.143. The number of rotatable bonds is 2. The van der Waals surface area contributed by atoms with Crippen molar-refractivity contribution in [2.75, 3.05) is 5.73 Å². The number of thiazole rings is 1. The van der Waals surface area contributed by atoms with Crippen LogP contribution in [0.4, 0.5) is 5.13 Å². The second kappa shape index (κ2) is 4.38. The van der Waals surface area contributed by atoms with Crippen LogP contribution in [0.15, 0.2) is 42.0 Å². The summed E-state index contributed by atoms with van der Waals surface area (Å²) in [5.74, 6) is 0. The lowest BCUT2D eigenvalue weighted by molar-refractivity contribution is -0.669. The van der Waals surface area contributed by atoms with Gasteiger partial charge >= 0.3 is 5.13 Å². The summed E-state index contributed by atoms with van der Waals surface area (Å²) in [6.45, 7) is 2.88. The first-order valence-corrected chi connectivity index (χ1v) is 6.68. The number of fused-ring (bicyclic) bond motifs is 1. The maximum Gasteiger partial charge on any atom is 0.331 e. The van der Waals surface area contributed by atoms with Gasteiger partial charge in [0.1, 0.15) is 12.7 Å². The number of pyridine rings is 1. The molecule has 0 aliphatic heterocycles. The van der Waals surface area contributed by atoms with Crippen molar-refractivity contribution in [3.8, 4) is 0 Å². The molecule has 0 radical (unpaired) electrons. The van der Waals surface area contributed by atoms with E-state index in [1.807, 2.05) is 28.4 Å². The number of hydrogen-bond acceptors (Lipinski definition) is 3. The summed E-state index contributed by atoms with van der Waals surface area (Å²) >= 11 is 1.55. The Morgan fingerprint density at radius 3 is 3.06 bits per heavy atom. The van der Waals surface area contributed by atoms with Crippen molar-refractivity contribution in [2.45, 2.75) is 13.5 Å². The van der Waals surface area contributed by atoms with Crippen LogP contribution in [0.3, 0.4) is 0 Å². The number of aryl methyl sites for hydroxylation is 1. The Bertz CT molecular complexity index is 703. The standard InChI is InChI=1S/C14H13N3S/c1-10-7-11-3-2-4-16-13(11)12(8-10)9-17-5-6-18-14(17)15/h2-8,15H,9H2,1H3/p+1. The van der Waals surface area contributed by atoms with Crippen LogP contribution < -0.4 is 10.3 Å². The van der Waals surface area contributed by atoms with E-state index < -0.39 is 0 Å². The van der Waals surface area contributed by atoms with Gasteiger partial charge in [-0.05, 0) is 30.7 Å². The number of aromatic nitrogens is 2. The fourth-order valence-corrected chi connectivity index (χ4v) is 2.79. The van der Waals surface area contributed by atoms with E-state index in [1.54, 1.807) is 11.3 Å². The Kier molecular flexibility index (Phi) is 2.72. The molecule has 3 rings (SSSR count). The number of nitrogens with two attached hydrogens (primary N) is 1. The highest BCUT2D eigenvalue weighted by atomic mass is 32.1. The van der Waals surface area contributed by atoms with Gasteiger partial charge < -0.3 is 0 Å². The zero-order valence-corrected chi connectivity index (χ0v) is 10.9. The molecule has 90 valence electrons. The largest absolute Gasteiger partial charge is 0.331 e. The van der Waals surface area contributed by atoms with Crippen molar-refractivity contribution in [3.05, 3.63) is 53.2 Å². The summed E-state index contributed by atoms with van der Waals surface area (Å²) in [5.41, 5.74) is 9.45. The molecule has 2 N–H and O–H groups in total. The number of hydrogen-bond donors (Lipinski definition) is 1. The number of nitrogens with zero attached hydrogens (tertiary/aromatic N) is 2. The van der Waals surface area contributed by atoms with E-state index in [0.29, 0.717) is 0 Å². The number of nitrogen functional groups attached to an aromatic ring is 1. The molecule has 4 heteroatoms. The van der Waals surface area contributed by atoms with E-state index in [2.05, 4.69) is 30.1 Å². The van der Waals surface area contributed by atoms with Crippen molar-refractivity contribution in [1.82, 2.24) is 4.98 Å². The summed E-state index contributed by atoms with van der Waals surface area (Å²) in [6.07, 6.45) is 3.85. The highest BCUT2D eigenvalue weighted by Gasteiger charge is 2.10. The van der Waals surface area contributed by atoms with E-state index in [4.69, 9.17) is 5.73 Å². The number of benzene rings is 1. The monoisotopic (exact) mass is 256 g/mol. The van der Waals surface area contributed by atoms with E-state index in [9.17, 15) is 0 Å². The molecule has 2 aromatic heterocycles. The molecule has 0 amide bonds. The van der Waals surface area contributed by atoms with Gasteiger partial charge in [-0.2, -0.15) is 0 Å². The van der Waals surface area contributed by atoms with Crippen LogP contribution in [0, 0.1) is 6.92 Å². The van der Waals surface area contributed by atoms with Crippen molar-refractivity contribution in [1.29, 1.82) is 0 Å².